The summed E-state index contributed by atoms with van der Waals surface area (Å²) < 4.78 is 1.62. The predicted octanol–water partition coefficient (Wildman–Crippen LogP) is 4.47. The van der Waals surface area contributed by atoms with E-state index in [1.807, 2.05) is 0 Å². The normalized spacial score (nSPS) is 19.7. The second kappa shape index (κ2) is 6.49. The molecule has 0 saturated heterocycles. The van der Waals surface area contributed by atoms with Gasteiger partial charge >= 0.3 is 0 Å². The van der Waals surface area contributed by atoms with E-state index in [1.54, 1.807) is 47.3 Å². The highest BCUT2D eigenvalue weighted by Gasteiger charge is 2.54. The highest BCUT2D eigenvalue weighted by atomic mass is 35.5. The van der Waals surface area contributed by atoms with E-state index in [0.717, 1.165) is 5.56 Å². The van der Waals surface area contributed by atoms with Crippen molar-refractivity contribution in [3.8, 4) is 0 Å². The number of fused-ring (bicyclic) bond motifs is 4. The Hall–Kier alpha value is -2.54. The van der Waals surface area contributed by atoms with Crippen LogP contribution < -0.4 is 10.6 Å². The van der Waals surface area contributed by atoms with Gasteiger partial charge in [-0.15, -0.1) is 0 Å². The van der Waals surface area contributed by atoms with Gasteiger partial charge in [-0.05, 0) is 41.5 Å². The van der Waals surface area contributed by atoms with Crippen LogP contribution in [0, 0.1) is 0 Å². The quantitative estimate of drug-likeness (QED) is 0.608. The number of halogens is 3. The minimum absolute atomic E-state index is 0.0213. The predicted molar refractivity (Wildman–Crippen MR) is 112 cm³/mol. The van der Waals surface area contributed by atoms with E-state index in [-0.39, 0.29) is 18.2 Å². The zero-order valence-electron chi connectivity index (χ0n) is 14.8. The molecule has 2 aliphatic rings. The second-order valence-electron chi connectivity index (χ2n) is 7.07. The van der Waals surface area contributed by atoms with E-state index in [9.17, 15) is 9.59 Å². The lowest BCUT2D eigenvalue weighted by atomic mass is 9.72. The minimum Gasteiger partial charge on any atom is -0.325 e. The first-order valence-electron chi connectivity index (χ1n) is 8.80. The average Bonchev–Trinajstić information content (AvgIpc) is 3.18. The number of carbonyl (C=O) groups excluding carboxylic acids is 2. The molecule has 1 spiro atoms. The Kier molecular flexibility index (Phi) is 4.13. The Morgan fingerprint density at radius 2 is 1.76 bits per heavy atom. The van der Waals surface area contributed by atoms with Crippen LogP contribution in [0.3, 0.4) is 0 Å². The van der Waals surface area contributed by atoms with Crippen LogP contribution in [-0.2, 0) is 21.5 Å². The number of anilines is 2. The third kappa shape index (κ3) is 2.74. The fraction of sp³-hybridized carbons (Fsp3) is 0.150. The zero-order chi connectivity index (χ0) is 20.3. The van der Waals surface area contributed by atoms with Crippen molar-refractivity contribution >= 4 is 58.1 Å². The van der Waals surface area contributed by atoms with Crippen LogP contribution in [0.1, 0.15) is 23.1 Å². The van der Waals surface area contributed by atoms with Gasteiger partial charge in [0.2, 0.25) is 11.8 Å². The fourth-order valence-corrected chi connectivity index (χ4v) is 4.69. The van der Waals surface area contributed by atoms with Crippen molar-refractivity contribution in [3.63, 3.8) is 0 Å². The van der Waals surface area contributed by atoms with Crippen molar-refractivity contribution < 1.29 is 9.59 Å². The van der Waals surface area contributed by atoms with Crippen molar-refractivity contribution in [2.24, 2.45) is 0 Å². The minimum atomic E-state index is -1.17. The Morgan fingerprint density at radius 1 is 1.00 bits per heavy atom. The van der Waals surface area contributed by atoms with Crippen molar-refractivity contribution in [2.75, 3.05) is 10.6 Å². The summed E-state index contributed by atoms with van der Waals surface area (Å²) >= 11 is 18.5. The zero-order valence-corrected chi connectivity index (χ0v) is 17.1. The van der Waals surface area contributed by atoms with E-state index in [2.05, 4.69) is 15.7 Å². The maximum absolute atomic E-state index is 13.1. The summed E-state index contributed by atoms with van der Waals surface area (Å²) in [7, 11) is 0. The summed E-state index contributed by atoms with van der Waals surface area (Å²) in [5, 5.41) is 11.7. The number of rotatable bonds is 2. The van der Waals surface area contributed by atoms with E-state index in [4.69, 9.17) is 34.8 Å². The lowest BCUT2D eigenvalue weighted by Crippen LogP contribution is -2.43. The second-order valence-corrected chi connectivity index (χ2v) is 8.35. The monoisotopic (exact) mass is 446 g/mol. The molecule has 2 amide bonds. The molecule has 0 saturated carbocycles. The summed E-state index contributed by atoms with van der Waals surface area (Å²) in [6, 6.07) is 10.4. The molecule has 1 aromatic heterocycles. The van der Waals surface area contributed by atoms with Crippen LogP contribution in [0.4, 0.5) is 11.5 Å². The van der Waals surface area contributed by atoms with E-state index in [0.29, 0.717) is 44.2 Å². The van der Waals surface area contributed by atoms with Gasteiger partial charge in [-0.2, -0.15) is 5.10 Å². The molecule has 0 fully saturated rings. The van der Waals surface area contributed by atoms with Crippen molar-refractivity contribution in [2.45, 2.75) is 18.4 Å². The molecule has 0 radical (unpaired) electrons. The standard InChI is InChI=1S/C20H13Cl3N4O2/c21-11-3-4-16-13(5-11)20(19(29)25-16)7-17(28)26-18-14(20)8-24-27(18)9-10-1-2-12(22)6-15(10)23/h1-6,8H,7,9H2,(H,25,29)(H,26,28)/t20-/m0/s1. The largest absolute Gasteiger partial charge is 0.325 e. The molecule has 3 heterocycles. The number of hydrogen-bond acceptors (Lipinski definition) is 3. The Balaban J connectivity index is 1.65. The van der Waals surface area contributed by atoms with Gasteiger partial charge in [-0.25, -0.2) is 4.68 Å². The van der Waals surface area contributed by atoms with Gasteiger partial charge in [0.05, 0.1) is 12.7 Å². The first-order chi connectivity index (χ1) is 13.9. The molecular formula is C20H13Cl3N4O2. The summed E-state index contributed by atoms with van der Waals surface area (Å²) in [5.41, 5.74) is 1.57. The third-order valence-electron chi connectivity index (χ3n) is 5.40. The van der Waals surface area contributed by atoms with E-state index < -0.39 is 5.41 Å². The van der Waals surface area contributed by atoms with Gasteiger partial charge in [0.1, 0.15) is 11.2 Å². The number of nitrogens with one attached hydrogen (secondary N) is 2. The molecule has 0 aliphatic carbocycles. The molecule has 6 nitrogen and oxygen atoms in total. The lowest BCUT2D eigenvalue weighted by molar-refractivity contribution is -0.125. The van der Waals surface area contributed by atoms with Gasteiger partial charge < -0.3 is 10.6 Å². The molecule has 9 heteroatoms. The van der Waals surface area contributed by atoms with E-state index >= 15 is 0 Å². The molecule has 3 aromatic rings. The number of aromatic nitrogens is 2. The molecule has 2 aliphatic heterocycles. The van der Waals surface area contributed by atoms with Crippen LogP contribution in [0.15, 0.2) is 42.6 Å². The lowest BCUT2D eigenvalue weighted by Gasteiger charge is -2.31. The van der Waals surface area contributed by atoms with Crippen LogP contribution in [-0.4, -0.2) is 21.6 Å². The fourth-order valence-electron chi connectivity index (χ4n) is 4.05. The Bertz CT molecular complexity index is 1210. The van der Waals surface area contributed by atoms with Crippen molar-refractivity contribution in [1.29, 1.82) is 0 Å². The number of benzene rings is 2. The molecule has 0 bridgehead atoms. The highest BCUT2D eigenvalue weighted by molar-refractivity contribution is 6.35. The van der Waals surface area contributed by atoms with Gasteiger partial charge in [-0.3, -0.25) is 9.59 Å². The summed E-state index contributed by atoms with van der Waals surface area (Å²) in [5.74, 6) is -0.0744. The van der Waals surface area contributed by atoms with Gasteiger partial charge in [0.15, 0.2) is 0 Å². The summed E-state index contributed by atoms with van der Waals surface area (Å²) in [6.07, 6.45) is 1.60. The molecule has 146 valence electrons. The SMILES string of the molecule is O=C1C[C@@]2(C(=O)Nc3ccc(Cl)cc32)c2cnn(Cc3ccc(Cl)cc3Cl)c2N1. The van der Waals surface area contributed by atoms with Crippen LogP contribution in [0.2, 0.25) is 15.1 Å². The first kappa shape index (κ1) is 18.5. The van der Waals surface area contributed by atoms with Gasteiger partial charge in [0.25, 0.3) is 0 Å². The maximum atomic E-state index is 13.1. The average molecular weight is 448 g/mol. The number of hydrogen-bond donors (Lipinski definition) is 2. The third-order valence-corrected chi connectivity index (χ3v) is 6.22. The molecule has 2 N–H and O–H groups in total. The summed E-state index contributed by atoms with van der Waals surface area (Å²) in [4.78, 5) is 25.7. The maximum Gasteiger partial charge on any atom is 0.240 e. The van der Waals surface area contributed by atoms with Crippen molar-refractivity contribution in [1.82, 2.24) is 9.78 Å². The first-order valence-corrected chi connectivity index (χ1v) is 9.93. The van der Waals surface area contributed by atoms with Crippen LogP contribution >= 0.6 is 34.8 Å². The molecule has 1 atom stereocenters. The smallest absolute Gasteiger partial charge is 0.240 e. The van der Waals surface area contributed by atoms with Gasteiger partial charge in [-0.1, -0.05) is 40.9 Å². The molecule has 5 rings (SSSR count). The number of amides is 2. The van der Waals surface area contributed by atoms with Crippen molar-refractivity contribution in [3.05, 3.63) is 74.4 Å². The molecule has 2 aromatic carbocycles. The van der Waals surface area contributed by atoms with E-state index in [1.165, 1.54) is 0 Å². The topological polar surface area (TPSA) is 76.0 Å². The molecule has 0 unspecified atom stereocenters. The van der Waals surface area contributed by atoms with Crippen LogP contribution in [0.25, 0.3) is 0 Å². The Morgan fingerprint density at radius 3 is 2.55 bits per heavy atom. The number of carbonyl (C=O) groups is 2. The summed E-state index contributed by atoms with van der Waals surface area (Å²) in [6.45, 7) is 0.311. The molecule has 29 heavy (non-hydrogen) atoms. The van der Waals surface area contributed by atoms with Crippen LogP contribution in [0.5, 0.6) is 0 Å². The molecular weight excluding hydrogens is 435 g/mol. The Labute approximate surface area is 180 Å². The highest BCUT2D eigenvalue weighted by Crippen LogP contribution is 2.50. The number of nitrogens with zero attached hydrogens (tertiary/aromatic N) is 2. The van der Waals surface area contributed by atoms with Gasteiger partial charge in [0, 0.05) is 32.7 Å².